The van der Waals surface area contributed by atoms with Crippen LogP contribution in [0.1, 0.15) is 34.8 Å². The third-order valence-corrected chi connectivity index (χ3v) is 4.89. The van der Waals surface area contributed by atoms with E-state index < -0.39 is 23.9 Å². The monoisotopic (exact) mass is 431 g/mol. The smallest absolute Gasteiger partial charge is 0.329 e. The number of nitrogens with zero attached hydrogens (tertiary/aromatic N) is 3. The van der Waals surface area contributed by atoms with Gasteiger partial charge in [0.05, 0.1) is 0 Å². The van der Waals surface area contributed by atoms with Crippen molar-refractivity contribution in [1.82, 2.24) is 25.7 Å². The fourth-order valence-electron chi connectivity index (χ4n) is 3.39. The molecular weight excluding hydrogens is 416 g/mol. The number of hydrogen-bond donors (Lipinski definition) is 2. The maximum Gasteiger partial charge on any atom is 0.471 e. The zero-order chi connectivity index (χ0) is 21.5. The van der Waals surface area contributed by atoms with Gasteiger partial charge in [0.1, 0.15) is 0 Å². The van der Waals surface area contributed by atoms with E-state index in [1.54, 1.807) is 24.3 Å². The minimum Gasteiger partial charge on any atom is -0.329 e. The van der Waals surface area contributed by atoms with Crippen LogP contribution < -0.4 is 5.32 Å². The number of aromatic nitrogens is 4. The van der Waals surface area contributed by atoms with Gasteiger partial charge in [-0.1, -0.05) is 29.4 Å². The first kappa shape index (κ1) is 20.4. The number of alkyl halides is 6. The molecule has 1 aromatic carbocycles. The van der Waals surface area contributed by atoms with Gasteiger partial charge in [-0.2, -0.15) is 36.4 Å². The van der Waals surface area contributed by atoms with Crippen molar-refractivity contribution in [3.05, 3.63) is 52.7 Å². The molecule has 2 N–H and O–H groups in total. The number of fused-ring (bicyclic) bond motifs is 1. The second kappa shape index (κ2) is 7.42. The highest BCUT2D eigenvalue weighted by atomic mass is 19.4. The van der Waals surface area contributed by atoms with Crippen LogP contribution in [0.2, 0.25) is 0 Å². The van der Waals surface area contributed by atoms with Crippen molar-refractivity contribution >= 4 is 0 Å². The Kier molecular flexibility index (Phi) is 5.04. The minimum atomic E-state index is -4.71. The van der Waals surface area contributed by atoms with Crippen LogP contribution in [-0.4, -0.2) is 26.4 Å². The molecule has 0 spiro atoms. The molecule has 2 heterocycles. The molecular formula is C18H15F6N5O. The molecule has 0 radical (unpaired) electrons. The largest absolute Gasteiger partial charge is 0.471 e. The SMILES string of the molecule is FC(F)(F)c1nc(-c2ccc(CNC3CCc4[nH]nc(C(F)(F)F)c4C3)cc2)no1. The van der Waals surface area contributed by atoms with Gasteiger partial charge in [-0.05, 0) is 24.8 Å². The molecule has 12 heteroatoms. The number of benzene rings is 1. The van der Waals surface area contributed by atoms with Gasteiger partial charge in [0, 0.05) is 29.4 Å². The molecule has 6 nitrogen and oxygen atoms in total. The minimum absolute atomic E-state index is 0.151. The van der Waals surface area contributed by atoms with E-state index in [1.165, 1.54) is 0 Å². The molecule has 3 aromatic rings. The Hall–Kier alpha value is -2.89. The van der Waals surface area contributed by atoms with E-state index in [9.17, 15) is 26.3 Å². The van der Waals surface area contributed by atoms with Crippen LogP contribution in [0.4, 0.5) is 26.3 Å². The fourth-order valence-corrected chi connectivity index (χ4v) is 3.39. The quantitative estimate of drug-likeness (QED) is 0.607. The highest BCUT2D eigenvalue weighted by Gasteiger charge is 2.40. The molecule has 0 amide bonds. The van der Waals surface area contributed by atoms with Gasteiger partial charge in [0.25, 0.3) is 0 Å². The molecule has 30 heavy (non-hydrogen) atoms. The molecule has 1 unspecified atom stereocenters. The molecule has 0 saturated carbocycles. The Morgan fingerprint density at radius 3 is 2.43 bits per heavy atom. The fraction of sp³-hybridized carbons (Fsp3) is 0.389. The molecule has 1 atom stereocenters. The third kappa shape index (κ3) is 4.18. The predicted molar refractivity (Wildman–Crippen MR) is 91.0 cm³/mol. The first-order chi connectivity index (χ1) is 14.1. The Bertz CT molecular complexity index is 1020. The average molecular weight is 431 g/mol. The molecule has 160 valence electrons. The van der Waals surface area contributed by atoms with Crippen molar-refractivity contribution in [3.8, 4) is 11.4 Å². The number of rotatable bonds is 4. The Labute approximate surface area is 165 Å². The molecule has 0 saturated heterocycles. The standard InChI is InChI=1S/C18H15F6N5O/c19-17(20,21)14-12-7-11(5-6-13(12)27-28-14)25-8-9-1-3-10(4-2-9)15-26-16(30-29-15)18(22,23)24/h1-4,11,25H,5-8H2,(H,27,28). The summed E-state index contributed by atoms with van der Waals surface area (Å²) in [5.41, 5.74) is 1.01. The maximum absolute atomic E-state index is 13.0. The summed E-state index contributed by atoms with van der Waals surface area (Å²) in [4.78, 5) is 3.33. The van der Waals surface area contributed by atoms with Gasteiger partial charge in [0.15, 0.2) is 5.69 Å². The van der Waals surface area contributed by atoms with Crippen LogP contribution in [0, 0.1) is 0 Å². The van der Waals surface area contributed by atoms with Gasteiger partial charge in [0.2, 0.25) is 5.82 Å². The second-order valence-electron chi connectivity index (χ2n) is 6.97. The zero-order valence-corrected chi connectivity index (χ0v) is 15.2. The molecule has 1 aliphatic carbocycles. The lowest BCUT2D eigenvalue weighted by atomic mass is 9.91. The van der Waals surface area contributed by atoms with Gasteiger partial charge in [-0.15, -0.1) is 0 Å². The summed E-state index contributed by atoms with van der Waals surface area (Å²) in [5, 5.41) is 12.4. The van der Waals surface area contributed by atoms with Crippen LogP contribution in [0.3, 0.4) is 0 Å². The van der Waals surface area contributed by atoms with E-state index in [1.807, 2.05) is 0 Å². The summed E-state index contributed by atoms with van der Waals surface area (Å²) in [7, 11) is 0. The van der Waals surface area contributed by atoms with Gasteiger partial charge in [-0.3, -0.25) is 5.10 Å². The van der Waals surface area contributed by atoms with Crippen molar-refractivity contribution in [2.75, 3.05) is 0 Å². The van der Waals surface area contributed by atoms with Crippen molar-refractivity contribution in [3.63, 3.8) is 0 Å². The van der Waals surface area contributed by atoms with Crippen molar-refractivity contribution < 1.29 is 30.9 Å². The van der Waals surface area contributed by atoms with Crippen LogP contribution in [0.5, 0.6) is 0 Å². The highest BCUT2D eigenvalue weighted by molar-refractivity contribution is 5.54. The van der Waals surface area contributed by atoms with E-state index in [4.69, 9.17) is 0 Å². The Balaban J connectivity index is 1.38. The van der Waals surface area contributed by atoms with E-state index in [2.05, 4.69) is 30.2 Å². The Morgan fingerprint density at radius 2 is 1.80 bits per heavy atom. The first-order valence-electron chi connectivity index (χ1n) is 8.98. The number of nitrogens with one attached hydrogen (secondary N) is 2. The molecule has 1 aliphatic rings. The second-order valence-corrected chi connectivity index (χ2v) is 6.97. The number of hydrogen-bond acceptors (Lipinski definition) is 5. The molecule has 0 bridgehead atoms. The summed E-state index contributed by atoms with van der Waals surface area (Å²) >= 11 is 0. The molecule has 0 fully saturated rings. The van der Waals surface area contributed by atoms with E-state index in [0.717, 1.165) is 5.56 Å². The maximum atomic E-state index is 13.0. The summed E-state index contributed by atoms with van der Waals surface area (Å²) in [5.74, 6) is -1.60. The van der Waals surface area contributed by atoms with Crippen LogP contribution >= 0.6 is 0 Å². The van der Waals surface area contributed by atoms with Crippen molar-refractivity contribution in [1.29, 1.82) is 0 Å². The van der Waals surface area contributed by atoms with Gasteiger partial charge in [-0.25, -0.2) is 0 Å². The van der Waals surface area contributed by atoms with Crippen LogP contribution in [-0.2, 0) is 31.7 Å². The van der Waals surface area contributed by atoms with Gasteiger partial charge >= 0.3 is 18.2 Å². The first-order valence-corrected chi connectivity index (χ1v) is 8.98. The van der Waals surface area contributed by atoms with E-state index >= 15 is 0 Å². The highest BCUT2D eigenvalue weighted by Crippen LogP contribution is 2.34. The van der Waals surface area contributed by atoms with Crippen molar-refractivity contribution in [2.45, 2.75) is 44.2 Å². The topological polar surface area (TPSA) is 79.6 Å². The zero-order valence-electron chi connectivity index (χ0n) is 15.2. The summed E-state index contributed by atoms with van der Waals surface area (Å²) in [6, 6.07) is 6.32. The van der Waals surface area contributed by atoms with Crippen LogP contribution in [0.15, 0.2) is 28.8 Å². The summed E-state index contributed by atoms with van der Waals surface area (Å²) in [6.07, 6.45) is -7.87. The number of aryl methyl sites for hydroxylation is 1. The third-order valence-electron chi connectivity index (χ3n) is 4.89. The lowest BCUT2D eigenvalue weighted by Crippen LogP contribution is -2.34. The normalized spacial score (nSPS) is 17.2. The predicted octanol–water partition coefficient (Wildman–Crippen LogP) is 4.14. The Morgan fingerprint density at radius 1 is 1.07 bits per heavy atom. The lowest BCUT2D eigenvalue weighted by Gasteiger charge is -2.24. The molecule has 2 aromatic heterocycles. The van der Waals surface area contributed by atoms with Crippen LogP contribution in [0.25, 0.3) is 11.4 Å². The number of H-pyrrole nitrogens is 1. The van der Waals surface area contributed by atoms with Crippen molar-refractivity contribution in [2.24, 2.45) is 0 Å². The number of halogens is 6. The van der Waals surface area contributed by atoms with E-state index in [0.29, 0.717) is 30.6 Å². The average Bonchev–Trinajstić information content (AvgIpc) is 3.33. The molecule has 4 rings (SSSR count). The van der Waals surface area contributed by atoms with Gasteiger partial charge < -0.3 is 9.84 Å². The lowest BCUT2D eigenvalue weighted by molar-refractivity contribution is -0.159. The summed E-state index contributed by atoms with van der Waals surface area (Å²) in [6.45, 7) is 0.388. The summed E-state index contributed by atoms with van der Waals surface area (Å²) < 4.78 is 81.0. The number of aromatic amines is 1. The van der Waals surface area contributed by atoms with E-state index in [-0.39, 0.29) is 23.9 Å². The molecule has 0 aliphatic heterocycles.